The van der Waals surface area contributed by atoms with Crippen LogP contribution in [0.5, 0.6) is 11.5 Å². The Labute approximate surface area is 157 Å². The topological polar surface area (TPSA) is 64.7 Å². The molecule has 0 bridgehead atoms. The number of methoxy groups -OCH3 is 1. The van der Waals surface area contributed by atoms with Gasteiger partial charge in [-0.05, 0) is 41.8 Å². The van der Waals surface area contributed by atoms with Gasteiger partial charge in [-0.2, -0.15) is 0 Å². The highest BCUT2D eigenvalue weighted by molar-refractivity contribution is 6.42. The van der Waals surface area contributed by atoms with E-state index in [0.717, 1.165) is 11.1 Å². The number of aliphatic hydroxyl groups excluding tert-OH is 1. The molecular weight excluding hydrogens is 373 g/mol. The first-order valence-corrected chi connectivity index (χ1v) is 7.92. The zero-order chi connectivity index (χ0) is 16.8. The molecule has 4 nitrogen and oxygen atoms in total. The third-order valence-electron chi connectivity index (χ3n) is 3.43. The Kier molecular flexibility index (Phi) is 8.67. The normalized spacial score (nSPS) is 11.5. The van der Waals surface area contributed by atoms with Crippen LogP contribution < -0.4 is 15.2 Å². The number of ether oxygens (including phenoxy) is 2. The van der Waals surface area contributed by atoms with Gasteiger partial charge in [0, 0.05) is 12.6 Å². The standard InChI is InChI=1S/C17H19Cl2NO3.ClH/c1-22-17-9-12(15(20)6-7-21)3-5-16(17)23-10-11-2-4-13(18)14(19)8-11;/h2-5,8-9,15,21H,6-7,10,20H2,1H3;1H. The Bertz CT molecular complexity index is 668. The summed E-state index contributed by atoms with van der Waals surface area (Å²) < 4.78 is 11.1. The van der Waals surface area contributed by atoms with Gasteiger partial charge in [0.1, 0.15) is 6.61 Å². The van der Waals surface area contributed by atoms with E-state index in [2.05, 4.69) is 0 Å². The molecule has 7 heteroatoms. The van der Waals surface area contributed by atoms with Gasteiger partial charge in [0.15, 0.2) is 11.5 Å². The van der Waals surface area contributed by atoms with Crippen LogP contribution in [0.25, 0.3) is 0 Å². The Morgan fingerprint density at radius 1 is 1.08 bits per heavy atom. The molecule has 0 heterocycles. The van der Waals surface area contributed by atoms with E-state index >= 15 is 0 Å². The summed E-state index contributed by atoms with van der Waals surface area (Å²) in [5.41, 5.74) is 7.78. The molecule has 1 atom stereocenters. The first-order chi connectivity index (χ1) is 11.0. The zero-order valence-electron chi connectivity index (χ0n) is 13.2. The van der Waals surface area contributed by atoms with Crippen LogP contribution in [0.3, 0.4) is 0 Å². The summed E-state index contributed by atoms with van der Waals surface area (Å²) in [6, 6.07) is 10.6. The highest BCUT2D eigenvalue weighted by Gasteiger charge is 2.11. The van der Waals surface area contributed by atoms with E-state index in [0.29, 0.717) is 34.6 Å². The lowest BCUT2D eigenvalue weighted by Gasteiger charge is -2.15. The van der Waals surface area contributed by atoms with Gasteiger partial charge in [-0.1, -0.05) is 35.3 Å². The molecule has 0 saturated carbocycles. The van der Waals surface area contributed by atoms with Crippen molar-refractivity contribution in [2.45, 2.75) is 19.1 Å². The number of nitrogens with two attached hydrogens (primary N) is 1. The predicted molar refractivity (Wildman–Crippen MR) is 99.7 cm³/mol. The second-order valence-corrected chi connectivity index (χ2v) is 5.88. The molecule has 132 valence electrons. The Balaban J connectivity index is 0.00000288. The van der Waals surface area contributed by atoms with Gasteiger partial charge in [-0.3, -0.25) is 0 Å². The highest BCUT2D eigenvalue weighted by atomic mass is 35.5. The summed E-state index contributed by atoms with van der Waals surface area (Å²) in [5.74, 6) is 1.20. The summed E-state index contributed by atoms with van der Waals surface area (Å²) in [6.07, 6.45) is 0.493. The summed E-state index contributed by atoms with van der Waals surface area (Å²) >= 11 is 11.9. The third kappa shape index (κ3) is 5.43. The van der Waals surface area contributed by atoms with E-state index in [-0.39, 0.29) is 25.1 Å². The first-order valence-electron chi connectivity index (χ1n) is 7.16. The number of benzene rings is 2. The van der Waals surface area contributed by atoms with Crippen molar-refractivity contribution in [3.05, 3.63) is 57.6 Å². The molecule has 0 spiro atoms. The fourth-order valence-electron chi connectivity index (χ4n) is 2.13. The van der Waals surface area contributed by atoms with Crippen LogP contribution in [-0.4, -0.2) is 18.8 Å². The van der Waals surface area contributed by atoms with Crippen LogP contribution >= 0.6 is 35.6 Å². The smallest absolute Gasteiger partial charge is 0.161 e. The lowest BCUT2D eigenvalue weighted by molar-refractivity contribution is 0.275. The van der Waals surface area contributed by atoms with E-state index in [1.54, 1.807) is 19.2 Å². The van der Waals surface area contributed by atoms with Crippen molar-refractivity contribution in [3.8, 4) is 11.5 Å². The lowest BCUT2D eigenvalue weighted by atomic mass is 10.0. The van der Waals surface area contributed by atoms with Gasteiger partial charge < -0.3 is 20.3 Å². The molecule has 0 aliphatic heterocycles. The van der Waals surface area contributed by atoms with E-state index in [1.807, 2.05) is 24.3 Å². The third-order valence-corrected chi connectivity index (χ3v) is 4.17. The van der Waals surface area contributed by atoms with E-state index < -0.39 is 0 Å². The SMILES string of the molecule is COc1cc(C(N)CCO)ccc1OCc1ccc(Cl)c(Cl)c1.Cl. The molecule has 0 aromatic heterocycles. The molecule has 2 aromatic carbocycles. The average molecular weight is 393 g/mol. The number of aliphatic hydroxyl groups is 1. The minimum Gasteiger partial charge on any atom is -0.493 e. The van der Waals surface area contributed by atoms with Gasteiger partial charge in [-0.25, -0.2) is 0 Å². The van der Waals surface area contributed by atoms with E-state index in [4.69, 9.17) is 43.5 Å². The number of rotatable bonds is 7. The molecule has 2 rings (SSSR count). The Hall–Kier alpha value is -1.17. The fraction of sp³-hybridized carbons (Fsp3) is 0.294. The molecule has 0 fully saturated rings. The zero-order valence-corrected chi connectivity index (χ0v) is 15.5. The summed E-state index contributed by atoms with van der Waals surface area (Å²) in [5, 5.41) is 9.98. The molecule has 3 N–H and O–H groups in total. The molecule has 24 heavy (non-hydrogen) atoms. The van der Waals surface area contributed by atoms with Gasteiger partial charge in [0.25, 0.3) is 0 Å². The summed E-state index contributed by atoms with van der Waals surface area (Å²) in [6.45, 7) is 0.383. The van der Waals surface area contributed by atoms with Crippen molar-refractivity contribution >= 4 is 35.6 Å². The first kappa shape index (κ1) is 20.9. The maximum absolute atomic E-state index is 8.98. The van der Waals surface area contributed by atoms with E-state index in [1.165, 1.54) is 0 Å². The van der Waals surface area contributed by atoms with Crippen molar-refractivity contribution in [1.82, 2.24) is 0 Å². The van der Waals surface area contributed by atoms with Crippen molar-refractivity contribution in [1.29, 1.82) is 0 Å². The van der Waals surface area contributed by atoms with Crippen LogP contribution in [0.15, 0.2) is 36.4 Å². The maximum Gasteiger partial charge on any atom is 0.161 e. The molecule has 0 aliphatic rings. The second kappa shape index (κ2) is 9.97. The van der Waals surface area contributed by atoms with Crippen LogP contribution in [-0.2, 0) is 6.61 Å². The van der Waals surface area contributed by atoms with Gasteiger partial charge in [0.2, 0.25) is 0 Å². The Morgan fingerprint density at radius 2 is 1.83 bits per heavy atom. The van der Waals surface area contributed by atoms with Gasteiger partial charge >= 0.3 is 0 Å². The quantitative estimate of drug-likeness (QED) is 0.733. The fourth-order valence-corrected chi connectivity index (χ4v) is 2.45. The monoisotopic (exact) mass is 391 g/mol. The number of hydrogen-bond donors (Lipinski definition) is 2. The predicted octanol–water partition coefficient (Wildman–Crippen LogP) is 4.39. The van der Waals surface area contributed by atoms with Crippen LogP contribution in [0, 0.1) is 0 Å². The molecular formula is C17H20Cl3NO3. The minimum absolute atomic E-state index is 0. The second-order valence-electron chi connectivity index (χ2n) is 5.07. The molecule has 0 aliphatic carbocycles. The van der Waals surface area contributed by atoms with Crippen molar-refractivity contribution < 1.29 is 14.6 Å². The van der Waals surface area contributed by atoms with Gasteiger partial charge in [0.05, 0.1) is 17.2 Å². The maximum atomic E-state index is 8.98. The summed E-state index contributed by atoms with van der Waals surface area (Å²) in [4.78, 5) is 0. The van der Waals surface area contributed by atoms with Crippen LogP contribution in [0.2, 0.25) is 10.0 Å². The molecule has 1 unspecified atom stereocenters. The van der Waals surface area contributed by atoms with Gasteiger partial charge in [-0.15, -0.1) is 12.4 Å². The van der Waals surface area contributed by atoms with Crippen molar-refractivity contribution in [2.24, 2.45) is 5.73 Å². The lowest BCUT2D eigenvalue weighted by Crippen LogP contribution is -2.12. The Morgan fingerprint density at radius 3 is 2.46 bits per heavy atom. The number of hydrogen-bond acceptors (Lipinski definition) is 4. The van der Waals surface area contributed by atoms with Crippen molar-refractivity contribution in [3.63, 3.8) is 0 Å². The largest absolute Gasteiger partial charge is 0.493 e. The molecule has 0 amide bonds. The van der Waals surface area contributed by atoms with Crippen molar-refractivity contribution in [2.75, 3.05) is 13.7 Å². The summed E-state index contributed by atoms with van der Waals surface area (Å²) in [7, 11) is 1.57. The van der Waals surface area contributed by atoms with Crippen LogP contribution in [0.1, 0.15) is 23.6 Å². The van der Waals surface area contributed by atoms with Crippen LogP contribution in [0.4, 0.5) is 0 Å². The molecule has 0 saturated heterocycles. The highest BCUT2D eigenvalue weighted by Crippen LogP contribution is 2.31. The molecule has 0 radical (unpaired) electrons. The van der Waals surface area contributed by atoms with E-state index in [9.17, 15) is 0 Å². The number of halogens is 3. The molecule has 2 aromatic rings. The average Bonchev–Trinajstić information content (AvgIpc) is 2.56. The minimum atomic E-state index is -0.238.